The van der Waals surface area contributed by atoms with E-state index in [0.29, 0.717) is 0 Å². The Labute approximate surface area is 187 Å². The van der Waals surface area contributed by atoms with Crippen LogP contribution in [0.2, 0.25) is 0 Å². The van der Waals surface area contributed by atoms with Gasteiger partial charge in [-0.3, -0.25) is 0 Å². The monoisotopic (exact) mass is 422 g/mol. The number of anilines is 2. The molecule has 0 amide bonds. The standard InChI is InChI=1S/C25H35BN2O3/c1-6-23(29)19-7-11-21(12-8-19)27-15-17-28(18-16-27)22-13-9-20(10-14-22)26-30-24(2,3)25(4,5)31-26/h7-14,23,29H,6,15-18H2,1-5H3. The van der Waals surface area contributed by atoms with E-state index in [2.05, 4.69) is 73.9 Å². The minimum absolute atomic E-state index is 0.315. The van der Waals surface area contributed by atoms with Gasteiger partial charge in [-0.05, 0) is 69.4 Å². The van der Waals surface area contributed by atoms with Crippen LogP contribution in [-0.4, -0.2) is 49.6 Å². The summed E-state index contributed by atoms with van der Waals surface area (Å²) in [5.74, 6) is 0. The van der Waals surface area contributed by atoms with Crippen LogP contribution in [-0.2, 0) is 9.31 Å². The highest BCUT2D eigenvalue weighted by atomic mass is 16.7. The van der Waals surface area contributed by atoms with E-state index in [4.69, 9.17) is 9.31 Å². The van der Waals surface area contributed by atoms with Gasteiger partial charge in [0.2, 0.25) is 0 Å². The Morgan fingerprint density at radius 3 is 1.65 bits per heavy atom. The number of aliphatic hydroxyl groups is 1. The van der Waals surface area contributed by atoms with E-state index in [-0.39, 0.29) is 24.4 Å². The maximum atomic E-state index is 10.00. The molecule has 2 saturated heterocycles. The predicted molar refractivity (Wildman–Crippen MR) is 128 cm³/mol. The molecule has 2 aromatic carbocycles. The molecule has 2 aliphatic heterocycles. The highest BCUT2D eigenvalue weighted by molar-refractivity contribution is 6.62. The molecule has 1 unspecified atom stereocenters. The van der Waals surface area contributed by atoms with E-state index >= 15 is 0 Å². The molecule has 31 heavy (non-hydrogen) atoms. The van der Waals surface area contributed by atoms with E-state index in [9.17, 15) is 5.11 Å². The SMILES string of the molecule is CCC(O)c1ccc(N2CCN(c3ccc(B4OC(C)(C)C(C)(C)O4)cc3)CC2)cc1. The average molecular weight is 422 g/mol. The Balaban J connectivity index is 1.35. The molecule has 0 bridgehead atoms. The molecule has 5 nitrogen and oxygen atoms in total. The molecule has 0 aromatic heterocycles. The van der Waals surface area contributed by atoms with Crippen molar-refractivity contribution in [1.82, 2.24) is 0 Å². The van der Waals surface area contributed by atoms with Crippen molar-refractivity contribution < 1.29 is 14.4 Å². The van der Waals surface area contributed by atoms with Gasteiger partial charge in [-0.1, -0.05) is 31.2 Å². The maximum Gasteiger partial charge on any atom is 0.494 e. The molecule has 2 heterocycles. The Bertz CT molecular complexity index is 859. The van der Waals surface area contributed by atoms with Gasteiger partial charge < -0.3 is 24.2 Å². The lowest BCUT2D eigenvalue weighted by atomic mass is 9.79. The fourth-order valence-corrected chi connectivity index (χ4v) is 4.19. The summed E-state index contributed by atoms with van der Waals surface area (Å²) in [5, 5.41) is 10.00. The minimum atomic E-state index is -0.369. The van der Waals surface area contributed by atoms with Gasteiger partial charge in [0, 0.05) is 37.6 Å². The van der Waals surface area contributed by atoms with Crippen molar-refractivity contribution in [2.45, 2.75) is 58.3 Å². The lowest BCUT2D eigenvalue weighted by molar-refractivity contribution is 0.00578. The molecule has 166 valence electrons. The zero-order valence-electron chi connectivity index (χ0n) is 19.5. The number of aliphatic hydroxyl groups excluding tert-OH is 1. The summed E-state index contributed by atoms with van der Waals surface area (Å²) in [5.41, 5.74) is 3.88. The molecule has 0 spiro atoms. The van der Waals surface area contributed by atoms with Crippen LogP contribution >= 0.6 is 0 Å². The zero-order valence-corrected chi connectivity index (χ0v) is 19.5. The molecule has 1 atom stereocenters. The van der Waals surface area contributed by atoms with Crippen molar-refractivity contribution in [3.05, 3.63) is 54.1 Å². The molecular weight excluding hydrogens is 387 g/mol. The van der Waals surface area contributed by atoms with Gasteiger partial charge >= 0.3 is 7.12 Å². The smallest absolute Gasteiger partial charge is 0.399 e. The molecule has 2 aromatic rings. The first-order valence-corrected chi connectivity index (χ1v) is 11.4. The van der Waals surface area contributed by atoms with Gasteiger partial charge in [0.15, 0.2) is 0 Å². The van der Waals surface area contributed by atoms with Gasteiger partial charge in [0.1, 0.15) is 0 Å². The van der Waals surface area contributed by atoms with Crippen molar-refractivity contribution in [2.24, 2.45) is 0 Å². The van der Waals surface area contributed by atoms with Crippen LogP contribution in [0.15, 0.2) is 48.5 Å². The van der Waals surface area contributed by atoms with Crippen molar-refractivity contribution in [3.63, 3.8) is 0 Å². The van der Waals surface area contributed by atoms with Crippen LogP contribution in [0, 0.1) is 0 Å². The third-order valence-corrected chi connectivity index (χ3v) is 7.09. The van der Waals surface area contributed by atoms with Gasteiger partial charge in [-0.25, -0.2) is 0 Å². The van der Waals surface area contributed by atoms with E-state index in [0.717, 1.165) is 43.6 Å². The molecule has 2 fully saturated rings. The molecule has 6 heteroatoms. The summed E-state index contributed by atoms with van der Waals surface area (Å²) in [7, 11) is -0.315. The van der Waals surface area contributed by atoms with Gasteiger partial charge in [-0.15, -0.1) is 0 Å². The molecule has 2 aliphatic rings. The molecular formula is C25H35BN2O3. The van der Waals surface area contributed by atoms with Crippen molar-refractivity contribution in [1.29, 1.82) is 0 Å². The second kappa shape index (κ2) is 8.49. The van der Waals surface area contributed by atoms with Crippen LogP contribution in [0.5, 0.6) is 0 Å². The third-order valence-electron chi connectivity index (χ3n) is 7.09. The average Bonchev–Trinajstić information content (AvgIpc) is 3.00. The summed E-state index contributed by atoms with van der Waals surface area (Å²) >= 11 is 0. The highest BCUT2D eigenvalue weighted by Gasteiger charge is 2.51. The lowest BCUT2D eigenvalue weighted by Gasteiger charge is -2.37. The number of piperazine rings is 1. The normalized spacial score (nSPS) is 21.4. The molecule has 1 N–H and O–H groups in total. The first-order valence-electron chi connectivity index (χ1n) is 11.4. The number of rotatable bonds is 5. The Morgan fingerprint density at radius 1 is 0.806 bits per heavy atom. The molecule has 0 aliphatic carbocycles. The van der Waals surface area contributed by atoms with Gasteiger partial charge in [-0.2, -0.15) is 0 Å². The van der Waals surface area contributed by atoms with Crippen LogP contribution < -0.4 is 15.3 Å². The quantitative estimate of drug-likeness (QED) is 0.744. The van der Waals surface area contributed by atoms with Crippen LogP contribution in [0.3, 0.4) is 0 Å². The van der Waals surface area contributed by atoms with Crippen LogP contribution in [0.1, 0.15) is 52.7 Å². The Morgan fingerprint density at radius 2 is 1.23 bits per heavy atom. The first kappa shape index (κ1) is 22.2. The summed E-state index contributed by atoms with van der Waals surface area (Å²) < 4.78 is 12.3. The zero-order chi connectivity index (χ0) is 22.2. The number of nitrogens with zero attached hydrogens (tertiary/aromatic N) is 2. The number of hydrogen-bond acceptors (Lipinski definition) is 5. The Kier molecular flexibility index (Phi) is 6.08. The van der Waals surface area contributed by atoms with Gasteiger partial charge in [0.25, 0.3) is 0 Å². The Hall–Kier alpha value is -2.02. The lowest BCUT2D eigenvalue weighted by Crippen LogP contribution is -2.46. The van der Waals surface area contributed by atoms with Crippen LogP contribution in [0.25, 0.3) is 0 Å². The number of benzene rings is 2. The van der Waals surface area contributed by atoms with Crippen molar-refractivity contribution in [3.8, 4) is 0 Å². The summed E-state index contributed by atoms with van der Waals surface area (Å²) in [6.07, 6.45) is 0.372. The fourth-order valence-electron chi connectivity index (χ4n) is 4.19. The summed E-state index contributed by atoms with van der Waals surface area (Å²) in [6.45, 7) is 14.3. The second-order valence-corrected chi connectivity index (χ2v) is 9.67. The fraction of sp³-hybridized carbons (Fsp3) is 0.520. The maximum absolute atomic E-state index is 10.00. The number of hydrogen-bond donors (Lipinski definition) is 1. The predicted octanol–water partition coefficient (Wildman–Crippen LogP) is 3.76. The summed E-state index contributed by atoms with van der Waals surface area (Å²) in [6, 6.07) is 17.0. The summed E-state index contributed by atoms with van der Waals surface area (Å²) in [4.78, 5) is 4.84. The first-order chi connectivity index (χ1) is 14.7. The van der Waals surface area contributed by atoms with E-state index < -0.39 is 0 Å². The minimum Gasteiger partial charge on any atom is -0.399 e. The topological polar surface area (TPSA) is 45.2 Å². The van der Waals surface area contributed by atoms with E-state index in [1.807, 2.05) is 19.1 Å². The molecule has 0 saturated carbocycles. The molecule has 0 radical (unpaired) electrons. The van der Waals surface area contributed by atoms with Crippen molar-refractivity contribution >= 4 is 24.0 Å². The third kappa shape index (κ3) is 4.47. The van der Waals surface area contributed by atoms with Crippen molar-refractivity contribution in [2.75, 3.05) is 36.0 Å². The molecule has 4 rings (SSSR count). The second-order valence-electron chi connectivity index (χ2n) is 9.67. The van der Waals surface area contributed by atoms with Gasteiger partial charge in [0.05, 0.1) is 17.3 Å². The largest absolute Gasteiger partial charge is 0.494 e. The van der Waals surface area contributed by atoms with E-state index in [1.165, 1.54) is 11.4 Å². The van der Waals surface area contributed by atoms with Crippen LogP contribution in [0.4, 0.5) is 11.4 Å². The highest BCUT2D eigenvalue weighted by Crippen LogP contribution is 2.36. The van der Waals surface area contributed by atoms with E-state index in [1.54, 1.807) is 0 Å².